The molecule has 84 valence electrons. The zero-order valence-electron chi connectivity index (χ0n) is 9.82. The van der Waals surface area contributed by atoms with Gasteiger partial charge < -0.3 is 10.6 Å². The van der Waals surface area contributed by atoms with Crippen molar-refractivity contribution in [3.05, 3.63) is 11.3 Å². The van der Waals surface area contributed by atoms with Gasteiger partial charge in [0.05, 0.1) is 5.69 Å². The molecule has 1 aliphatic rings. The molecular weight excluding hydrogens is 188 g/mol. The average molecular weight is 208 g/mol. The van der Waals surface area contributed by atoms with Gasteiger partial charge in [-0.05, 0) is 32.7 Å². The molecule has 1 aromatic heterocycles. The fourth-order valence-electron chi connectivity index (χ4n) is 2.20. The molecule has 0 aromatic carbocycles. The molecule has 0 spiro atoms. The third kappa shape index (κ3) is 1.86. The highest BCUT2D eigenvalue weighted by Crippen LogP contribution is 2.33. The van der Waals surface area contributed by atoms with Gasteiger partial charge in [-0.15, -0.1) is 0 Å². The normalized spacial score (nSPS) is 15.7. The molecule has 4 heteroatoms. The highest BCUT2D eigenvalue weighted by Gasteiger charge is 2.30. The molecule has 4 nitrogen and oxygen atoms in total. The summed E-state index contributed by atoms with van der Waals surface area (Å²) < 4.78 is 1.98. The maximum Gasteiger partial charge on any atom is 0.130 e. The Kier molecular flexibility index (Phi) is 2.69. The van der Waals surface area contributed by atoms with Crippen LogP contribution in [0, 0.1) is 6.92 Å². The summed E-state index contributed by atoms with van der Waals surface area (Å²) in [5.74, 6) is 1.25. The third-order valence-corrected chi connectivity index (χ3v) is 3.14. The number of aryl methyl sites for hydroxylation is 2. The van der Waals surface area contributed by atoms with Crippen LogP contribution in [-0.2, 0) is 13.5 Å². The first-order valence-corrected chi connectivity index (χ1v) is 5.60. The minimum Gasteiger partial charge on any atom is -0.357 e. The summed E-state index contributed by atoms with van der Waals surface area (Å²) in [7, 11) is 4.18. The van der Waals surface area contributed by atoms with Gasteiger partial charge in [-0.25, -0.2) is 0 Å². The molecule has 0 saturated heterocycles. The van der Waals surface area contributed by atoms with Crippen molar-refractivity contribution in [2.75, 3.05) is 18.5 Å². The van der Waals surface area contributed by atoms with E-state index >= 15 is 0 Å². The molecule has 0 bridgehead atoms. The Bertz CT molecular complexity index is 352. The van der Waals surface area contributed by atoms with Crippen molar-refractivity contribution < 1.29 is 0 Å². The Morgan fingerprint density at radius 3 is 2.73 bits per heavy atom. The lowest BCUT2D eigenvalue weighted by Gasteiger charge is -2.20. The molecule has 1 fully saturated rings. The van der Waals surface area contributed by atoms with Crippen LogP contribution in [0.15, 0.2) is 0 Å². The first-order valence-electron chi connectivity index (χ1n) is 5.60. The monoisotopic (exact) mass is 208 g/mol. The Morgan fingerprint density at radius 2 is 2.20 bits per heavy atom. The lowest BCUT2D eigenvalue weighted by Crippen LogP contribution is -2.23. The van der Waals surface area contributed by atoms with Gasteiger partial charge in [-0.3, -0.25) is 4.68 Å². The smallest absolute Gasteiger partial charge is 0.130 e. The highest BCUT2D eigenvalue weighted by atomic mass is 15.4. The van der Waals surface area contributed by atoms with Crippen LogP contribution in [0.4, 0.5) is 5.82 Å². The first kappa shape index (κ1) is 10.5. The van der Waals surface area contributed by atoms with Gasteiger partial charge in [0.2, 0.25) is 0 Å². The van der Waals surface area contributed by atoms with Gasteiger partial charge >= 0.3 is 0 Å². The maximum atomic E-state index is 5.64. The second-order valence-corrected chi connectivity index (χ2v) is 4.39. The van der Waals surface area contributed by atoms with Crippen LogP contribution < -0.4 is 10.6 Å². The predicted molar refractivity (Wildman–Crippen MR) is 62.1 cm³/mol. The van der Waals surface area contributed by atoms with Crippen LogP contribution in [0.2, 0.25) is 0 Å². The SMILES string of the molecule is Cc1nn(C)c(N(C)C2CC2)c1CCN. The zero-order valence-corrected chi connectivity index (χ0v) is 9.82. The number of hydrogen-bond acceptors (Lipinski definition) is 3. The number of anilines is 1. The summed E-state index contributed by atoms with van der Waals surface area (Å²) in [6, 6.07) is 0.719. The van der Waals surface area contributed by atoms with E-state index in [1.54, 1.807) is 0 Å². The molecule has 0 aliphatic heterocycles. The molecule has 1 aromatic rings. The largest absolute Gasteiger partial charge is 0.357 e. The van der Waals surface area contributed by atoms with E-state index < -0.39 is 0 Å². The predicted octanol–water partition coefficient (Wildman–Crippen LogP) is 0.828. The standard InChI is InChI=1S/C11H20N4/c1-8-10(6-7-12)11(15(3)13-8)14(2)9-4-5-9/h9H,4-7,12H2,1-3H3. The topological polar surface area (TPSA) is 47.1 Å². The molecule has 2 rings (SSSR count). The summed E-state index contributed by atoms with van der Waals surface area (Å²) in [4.78, 5) is 2.35. The van der Waals surface area contributed by atoms with E-state index in [9.17, 15) is 0 Å². The first-order chi connectivity index (χ1) is 7.15. The zero-order chi connectivity index (χ0) is 11.0. The quantitative estimate of drug-likeness (QED) is 0.797. The van der Waals surface area contributed by atoms with Crippen LogP contribution in [0.5, 0.6) is 0 Å². The van der Waals surface area contributed by atoms with Crippen molar-refractivity contribution in [1.82, 2.24) is 9.78 Å². The van der Waals surface area contributed by atoms with E-state index in [-0.39, 0.29) is 0 Å². The fourth-order valence-corrected chi connectivity index (χ4v) is 2.20. The summed E-state index contributed by atoms with van der Waals surface area (Å²) in [5.41, 5.74) is 8.07. The number of nitrogens with two attached hydrogens (primary N) is 1. The molecule has 1 saturated carbocycles. The van der Waals surface area contributed by atoms with Gasteiger partial charge in [-0.1, -0.05) is 0 Å². The van der Waals surface area contributed by atoms with Crippen LogP contribution >= 0.6 is 0 Å². The maximum absolute atomic E-state index is 5.64. The molecule has 1 heterocycles. The van der Waals surface area contributed by atoms with Crippen LogP contribution in [-0.4, -0.2) is 29.4 Å². The lowest BCUT2D eigenvalue weighted by atomic mass is 10.1. The molecule has 0 unspecified atom stereocenters. The van der Waals surface area contributed by atoms with E-state index in [0.29, 0.717) is 6.54 Å². The van der Waals surface area contributed by atoms with Crippen LogP contribution in [0.3, 0.4) is 0 Å². The summed E-state index contributed by atoms with van der Waals surface area (Å²) >= 11 is 0. The third-order valence-electron chi connectivity index (χ3n) is 3.14. The fraction of sp³-hybridized carbons (Fsp3) is 0.727. The molecule has 1 aliphatic carbocycles. The highest BCUT2D eigenvalue weighted by molar-refractivity contribution is 5.51. The van der Waals surface area contributed by atoms with Crippen LogP contribution in [0.25, 0.3) is 0 Å². The van der Waals surface area contributed by atoms with E-state index in [0.717, 1.165) is 18.2 Å². The van der Waals surface area contributed by atoms with E-state index in [4.69, 9.17) is 5.73 Å². The minimum atomic E-state index is 0.692. The Hall–Kier alpha value is -1.03. The Balaban J connectivity index is 2.33. The Morgan fingerprint density at radius 1 is 1.53 bits per heavy atom. The van der Waals surface area contributed by atoms with E-state index in [1.165, 1.54) is 24.2 Å². The molecular formula is C11H20N4. The lowest BCUT2D eigenvalue weighted by molar-refractivity contribution is 0.724. The summed E-state index contributed by atoms with van der Waals surface area (Å²) in [6.45, 7) is 2.76. The second kappa shape index (κ2) is 3.85. The number of hydrogen-bond donors (Lipinski definition) is 1. The second-order valence-electron chi connectivity index (χ2n) is 4.39. The van der Waals surface area contributed by atoms with Crippen molar-refractivity contribution in [2.24, 2.45) is 12.8 Å². The van der Waals surface area contributed by atoms with Crippen molar-refractivity contribution in [3.8, 4) is 0 Å². The number of aromatic nitrogens is 2. The molecule has 2 N–H and O–H groups in total. The van der Waals surface area contributed by atoms with Crippen molar-refractivity contribution in [3.63, 3.8) is 0 Å². The van der Waals surface area contributed by atoms with Gasteiger partial charge in [-0.2, -0.15) is 5.10 Å². The van der Waals surface area contributed by atoms with Crippen molar-refractivity contribution >= 4 is 5.82 Å². The van der Waals surface area contributed by atoms with Gasteiger partial charge in [0.15, 0.2) is 0 Å². The minimum absolute atomic E-state index is 0.692. The Labute approximate surface area is 91.1 Å². The van der Waals surface area contributed by atoms with Crippen LogP contribution in [0.1, 0.15) is 24.1 Å². The van der Waals surface area contributed by atoms with Gasteiger partial charge in [0, 0.05) is 25.7 Å². The molecule has 0 amide bonds. The summed E-state index contributed by atoms with van der Waals surface area (Å²) in [6.07, 6.45) is 3.54. The van der Waals surface area contributed by atoms with Crippen molar-refractivity contribution in [2.45, 2.75) is 32.2 Å². The molecule has 0 atom stereocenters. The van der Waals surface area contributed by atoms with Gasteiger partial charge in [0.25, 0.3) is 0 Å². The average Bonchev–Trinajstić information content (AvgIpc) is 2.96. The van der Waals surface area contributed by atoms with E-state index in [2.05, 4.69) is 24.0 Å². The summed E-state index contributed by atoms with van der Waals surface area (Å²) in [5, 5.41) is 4.48. The number of rotatable bonds is 4. The number of nitrogens with zero attached hydrogens (tertiary/aromatic N) is 3. The van der Waals surface area contributed by atoms with E-state index in [1.807, 2.05) is 11.7 Å². The molecule has 15 heavy (non-hydrogen) atoms. The van der Waals surface area contributed by atoms with Gasteiger partial charge in [0.1, 0.15) is 5.82 Å². The van der Waals surface area contributed by atoms with Crippen molar-refractivity contribution in [1.29, 1.82) is 0 Å². The molecule has 0 radical (unpaired) electrons.